The number of hydrogen-bond acceptors (Lipinski definition) is 5. The Morgan fingerprint density at radius 2 is 1.65 bits per heavy atom. The van der Waals surface area contributed by atoms with E-state index in [2.05, 4.69) is 5.32 Å². The first-order valence-electron chi connectivity index (χ1n) is 14.1. The molecule has 0 heterocycles. The predicted molar refractivity (Wildman–Crippen MR) is 170 cm³/mol. The highest BCUT2D eigenvalue weighted by atomic mass is 35.5. The van der Waals surface area contributed by atoms with Crippen molar-refractivity contribution in [2.45, 2.75) is 57.7 Å². The number of hydrogen-bond donors (Lipinski definition) is 1. The fourth-order valence-electron chi connectivity index (χ4n) is 5.25. The van der Waals surface area contributed by atoms with Crippen LogP contribution in [0.4, 0.5) is 5.69 Å². The Balaban J connectivity index is 1.76. The first kappa shape index (κ1) is 32.5. The van der Waals surface area contributed by atoms with Crippen molar-refractivity contribution in [3.05, 3.63) is 99.5 Å². The first-order valence-corrected chi connectivity index (χ1v) is 16.7. The summed E-state index contributed by atoms with van der Waals surface area (Å²) in [5.74, 6) is -1.17. The Morgan fingerprint density at radius 1 is 0.953 bits per heavy atom. The molecular formula is C32H35Cl2N3O5S. The summed E-state index contributed by atoms with van der Waals surface area (Å²) in [6.45, 7) is 0.729. The van der Waals surface area contributed by atoms with Gasteiger partial charge >= 0.3 is 0 Å². The van der Waals surface area contributed by atoms with Crippen LogP contribution in [0.15, 0.2) is 72.8 Å². The maximum Gasteiger partial charge on any atom is 0.244 e. The van der Waals surface area contributed by atoms with Gasteiger partial charge in [0.25, 0.3) is 0 Å². The number of sulfonamides is 1. The summed E-state index contributed by atoms with van der Waals surface area (Å²) in [6.07, 6.45) is 4.94. The highest BCUT2D eigenvalue weighted by molar-refractivity contribution is 7.92. The molecule has 0 bridgehead atoms. The van der Waals surface area contributed by atoms with Crippen molar-refractivity contribution >= 4 is 56.5 Å². The topological polar surface area (TPSA) is 104 Å². The van der Waals surface area contributed by atoms with E-state index in [1.807, 2.05) is 30.3 Å². The average Bonchev–Trinajstić information content (AvgIpc) is 3.47. The summed E-state index contributed by atoms with van der Waals surface area (Å²) in [5, 5.41) is 3.85. The minimum Gasteiger partial charge on any atom is -0.352 e. The third-order valence-electron chi connectivity index (χ3n) is 7.55. The zero-order valence-electron chi connectivity index (χ0n) is 24.1. The summed E-state index contributed by atoms with van der Waals surface area (Å²) in [4.78, 5) is 41.6. The molecule has 0 aromatic heterocycles. The van der Waals surface area contributed by atoms with Gasteiger partial charge in [0.05, 0.1) is 11.9 Å². The molecule has 1 aliphatic rings. The number of Topliss-reactive ketones (excluding diaryl/α,β-unsaturated/α-hetero) is 1. The summed E-state index contributed by atoms with van der Waals surface area (Å²) >= 11 is 12.6. The van der Waals surface area contributed by atoms with Crippen LogP contribution in [-0.2, 0) is 32.6 Å². The van der Waals surface area contributed by atoms with Crippen LogP contribution in [0.2, 0.25) is 10.0 Å². The number of ketones is 1. The molecule has 0 saturated heterocycles. The van der Waals surface area contributed by atoms with Gasteiger partial charge in [-0.25, -0.2) is 8.42 Å². The Kier molecular flexibility index (Phi) is 10.9. The van der Waals surface area contributed by atoms with E-state index in [1.165, 1.54) is 24.0 Å². The second-order valence-corrected chi connectivity index (χ2v) is 13.6. The number of halogens is 2. The van der Waals surface area contributed by atoms with Gasteiger partial charge in [0, 0.05) is 34.6 Å². The van der Waals surface area contributed by atoms with Gasteiger partial charge in [-0.05, 0) is 55.2 Å². The zero-order chi connectivity index (χ0) is 31.1. The van der Waals surface area contributed by atoms with Gasteiger partial charge in [0.2, 0.25) is 21.8 Å². The van der Waals surface area contributed by atoms with Gasteiger partial charge in [0.1, 0.15) is 12.6 Å². The molecule has 3 aromatic rings. The van der Waals surface area contributed by atoms with E-state index in [9.17, 15) is 22.8 Å². The maximum atomic E-state index is 14.3. The lowest BCUT2D eigenvalue weighted by molar-refractivity contribution is -0.140. The number of nitrogens with one attached hydrogen (secondary N) is 1. The normalized spacial score (nSPS) is 14.2. The molecule has 43 heavy (non-hydrogen) atoms. The number of rotatable bonds is 12. The van der Waals surface area contributed by atoms with Gasteiger partial charge in [-0.15, -0.1) is 0 Å². The molecule has 0 aliphatic heterocycles. The smallest absolute Gasteiger partial charge is 0.244 e. The standard InChI is InChI=1S/C32H35Cl2N3O5S/c1-22(38)24-11-8-14-28(18-24)37(43(2,41)42)21-31(39)36(20-25-15-16-26(33)19-29(25)34)30(17-23-9-4-3-5-10-23)32(40)35-27-12-6-7-13-27/h3-5,8-11,14-16,18-19,27,30H,6-7,12-13,17,20-21H2,1-2H3,(H,35,40)/t30-/m1/s1. The molecule has 0 radical (unpaired) electrons. The minimum atomic E-state index is -3.97. The molecule has 0 spiro atoms. The Bertz CT molecular complexity index is 1580. The van der Waals surface area contributed by atoms with Gasteiger partial charge in [-0.1, -0.05) is 84.6 Å². The molecule has 2 amide bonds. The van der Waals surface area contributed by atoms with Crippen molar-refractivity contribution in [1.82, 2.24) is 10.2 Å². The second-order valence-electron chi connectivity index (χ2n) is 10.8. The van der Waals surface area contributed by atoms with E-state index in [1.54, 1.807) is 30.3 Å². The number of anilines is 1. The number of nitrogens with zero attached hydrogens (tertiary/aromatic N) is 2. The van der Waals surface area contributed by atoms with E-state index < -0.39 is 28.5 Å². The lowest BCUT2D eigenvalue weighted by atomic mass is 10.0. The third-order valence-corrected chi connectivity index (χ3v) is 9.28. The van der Waals surface area contributed by atoms with Gasteiger partial charge in [0.15, 0.2) is 5.78 Å². The minimum absolute atomic E-state index is 0.00341. The van der Waals surface area contributed by atoms with Crippen LogP contribution in [0.3, 0.4) is 0 Å². The molecular weight excluding hydrogens is 609 g/mol. The summed E-state index contributed by atoms with van der Waals surface area (Å²) in [6, 6.07) is 19.4. The van der Waals surface area contributed by atoms with Crippen LogP contribution in [0.1, 0.15) is 54.1 Å². The predicted octanol–water partition coefficient (Wildman–Crippen LogP) is 5.66. The van der Waals surface area contributed by atoms with Crippen molar-refractivity contribution in [2.75, 3.05) is 17.1 Å². The van der Waals surface area contributed by atoms with E-state index >= 15 is 0 Å². The molecule has 1 saturated carbocycles. The van der Waals surface area contributed by atoms with Gasteiger partial charge in [-0.2, -0.15) is 0 Å². The Labute approximate surface area is 263 Å². The van der Waals surface area contributed by atoms with Crippen molar-refractivity contribution in [3.8, 4) is 0 Å². The van der Waals surface area contributed by atoms with E-state index in [4.69, 9.17) is 23.2 Å². The van der Waals surface area contributed by atoms with Crippen molar-refractivity contribution in [3.63, 3.8) is 0 Å². The Hall–Kier alpha value is -3.40. The largest absolute Gasteiger partial charge is 0.352 e. The molecule has 8 nitrogen and oxygen atoms in total. The van der Waals surface area contributed by atoms with Crippen LogP contribution in [0.25, 0.3) is 0 Å². The molecule has 1 fully saturated rings. The van der Waals surface area contributed by atoms with E-state index in [0.717, 1.165) is 41.8 Å². The Morgan fingerprint density at radius 3 is 2.28 bits per heavy atom. The number of amides is 2. The van der Waals surface area contributed by atoms with Gasteiger partial charge in [-0.3, -0.25) is 18.7 Å². The van der Waals surface area contributed by atoms with Crippen LogP contribution in [-0.4, -0.2) is 55.8 Å². The number of carbonyl (C=O) groups excluding carboxylic acids is 3. The zero-order valence-corrected chi connectivity index (χ0v) is 26.5. The fourth-order valence-corrected chi connectivity index (χ4v) is 6.56. The molecule has 0 unspecified atom stereocenters. The average molecular weight is 645 g/mol. The van der Waals surface area contributed by atoms with Crippen LogP contribution < -0.4 is 9.62 Å². The van der Waals surface area contributed by atoms with E-state index in [-0.39, 0.29) is 36.4 Å². The molecule has 11 heteroatoms. The summed E-state index contributed by atoms with van der Waals surface area (Å²) < 4.78 is 27.0. The highest BCUT2D eigenvalue weighted by Gasteiger charge is 2.34. The van der Waals surface area contributed by atoms with E-state index in [0.29, 0.717) is 21.2 Å². The maximum absolute atomic E-state index is 14.3. The lowest BCUT2D eigenvalue weighted by Crippen LogP contribution is -2.54. The van der Waals surface area contributed by atoms with Crippen LogP contribution in [0.5, 0.6) is 0 Å². The number of carbonyl (C=O) groups is 3. The molecule has 4 rings (SSSR count). The van der Waals surface area contributed by atoms with Crippen LogP contribution >= 0.6 is 23.2 Å². The highest BCUT2D eigenvalue weighted by Crippen LogP contribution is 2.26. The molecule has 3 aromatic carbocycles. The summed E-state index contributed by atoms with van der Waals surface area (Å²) in [7, 11) is -3.97. The second kappa shape index (κ2) is 14.4. The molecule has 228 valence electrons. The lowest BCUT2D eigenvalue weighted by Gasteiger charge is -2.34. The third kappa shape index (κ3) is 8.81. The SMILES string of the molecule is CC(=O)c1cccc(N(CC(=O)N(Cc2ccc(Cl)cc2Cl)[C@H](Cc2ccccc2)C(=O)NC2CCCC2)S(C)(=O)=O)c1. The van der Waals surface area contributed by atoms with Crippen molar-refractivity contribution in [2.24, 2.45) is 0 Å². The molecule has 1 aliphatic carbocycles. The van der Waals surface area contributed by atoms with Crippen molar-refractivity contribution in [1.29, 1.82) is 0 Å². The quantitative estimate of drug-likeness (QED) is 0.257. The monoisotopic (exact) mass is 643 g/mol. The van der Waals surface area contributed by atoms with Crippen LogP contribution in [0, 0.1) is 0 Å². The van der Waals surface area contributed by atoms with Crippen molar-refractivity contribution < 1.29 is 22.8 Å². The fraction of sp³-hybridized carbons (Fsp3) is 0.344. The van der Waals surface area contributed by atoms with Gasteiger partial charge < -0.3 is 10.2 Å². The molecule has 1 atom stereocenters. The first-order chi connectivity index (χ1) is 20.4. The number of benzene rings is 3. The molecule has 1 N–H and O–H groups in total. The summed E-state index contributed by atoms with van der Waals surface area (Å²) in [5.41, 5.74) is 1.86.